The SMILES string of the molecule is C1=c2/cccc/c2=C/N=c2/cccc/c2=C/1.O. The average molecular weight is 223 g/mol. The van der Waals surface area contributed by atoms with E-state index in [0.717, 1.165) is 15.8 Å². The zero-order valence-corrected chi connectivity index (χ0v) is 9.30. The van der Waals surface area contributed by atoms with Crippen molar-refractivity contribution < 1.29 is 5.48 Å². The third-order valence-electron chi connectivity index (χ3n) is 2.72. The summed E-state index contributed by atoms with van der Waals surface area (Å²) in [5.74, 6) is 0. The van der Waals surface area contributed by atoms with Crippen molar-refractivity contribution in [2.24, 2.45) is 4.99 Å². The first kappa shape index (κ1) is 11.3. The first-order valence-corrected chi connectivity index (χ1v) is 5.34. The van der Waals surface area contributed by atoms with Crippen LogP contribution in [0.4, 0.5) is 0 Å². The first-order valence-electron chi connectivity index (χ1n) is 5.34. The van der Waals surface area contributed by atoms with Crippen molar-refractivity contribution in [1.29, 1.82) is 0 Å². The van der Waals surface area contributed by atoms with Crippen LogP contribution in [-0.4, -0.2) is 5.48 Å². The van der Waals surface area contributed by atoms with E-state index >= 15 is 0 Å². The molecule has 17 heavy (non-hydrogen) atoms. The summed E-state index contributed by atoms with van der Waals surface area (Å²) in [4.78, 5) is 4.51. The molecule has 0 aromatic heterocycles. The molecule has 2 nitrogen and oxygen atoms in total. The van der Waals surface area contributed by atoms with Crippen molar-refractivity contribution in [3.05, 3.63) is 69.5 Å². The van der Waals surface area contributed by atoms with E-state index in [9.17, 15) is 0 Å². The predicted molar refractivity (Wildman–Crippen MR) is 69.9 cm³/mol. The molecule has 0 bridgehead atoms. The largest absolute Gasteiger partial charge is 0.412 e. The topological polar surface area (TPSA) is 43.9 Å². The Morgan fingerprint density at radius 3 is 2.06 bits per heavy atom. The summed E-state index contributed by atoms with van der Waals surface area (Å²) < 4.78 is 0. The normalized spacial score (nSPS) is 19.8. The molecule has 2 N–H and O–H groups in total. The second-order valence-electron chi connectivity index (χ2n) is 3.78. The summed E-state index contributed by atoms with van der Waals surface area (Å²) in [5, 5.41) is 4.55. The lowest BCUT2D eigenvalue weighted by atomic mass is 10.2. The lowest BCUT2D eigenvalue weighted by molar-refractivity contribution is 0.824. The van der Waals surface area contributed by atoms with Crippen molar-refractivity contribution >= 4 is 18.4 Å². The molecular weight excluding hydrogens is 210 g/mol. The number of hydrogen-bond acceptors (Lipinski definition) is 1. The van der Waals surface area contributed by atoms with Gasteiger partial charge in [0.15, 0.2) is 0 Å². The fourth-order valence-corrected chi connectivity index (χ4v) is 1.84. The van der Waals surface area contributed by atoms with E-state index in [0.29, 0.717) is 0 Å². The van der Waals surface area contributed by atoms with E-state index in [1.54, 1.807) is 0 Å². The van der Waals surface area contributed by atoms with E-state index in [1.807, 2.05) is 36.5 Å². The summed E-state index contributed by atoms with van der Waals surface area (Å²) in [6, 6.07) is 16.4. The van der Waals surface area contributed by atoms with Crippen LogP contribution in [0, 0.1) is 0 Å². The molecule has 1 aliphatic heterocycles. The number of nitrogens with zero attached hydrogens (tertiary/aromatic N) is 1. The van der Waals surface area contributed by atoms with Crippen LogP contribution in [0.3, 0.4) is 0 Å². The smallest absolute Gasteiger partial charge is 0.0702 e. The van der Waals surface area contributed by atoms with Gasteiger partial charge in [-0.25, -0.2) is 0 Å². The standard InChI is InChI=1S/C15H11N.H2O/c1-2-7-14-11-16-15-8-4-3-6-13(15)10-9-12(14)5-1;/h1-11H;1H2/b10-9?,12-9-,13-10-,14-11-,16-11?,16-15-;. The number of para-hydroxylation sites is 1. The lowest BCUT2D eigenvalue weighted by Gasteiger charge is -1.93. The van der Waals surface area contributed by atoms with Crippen LogP contribution in [-0.2, 0) is 0 Å². The fourth-order valence-electron chi connectivity index (χ4n) is 1.84. The average Bonchev–Trinajstić information content (AvgIpc) is 2.32. The summed E-state index contributed by atoms with van der Waals surface area (Å²) in [7, 11) is 0. The molecule has 0 aliphatic carbocycles. The molecule has 0 amide bonds. The van der Waals surface area contributed by atoms with E-state index < -0.39 is 0 Å². The lowest BCUT2D eigenvalue weighted by Crippen LogP contribution is -2.29. The summed E-state index contributed by atoms with van der Waals surface area (Å²) in [5.41, 5.74) is 0. The first-order chi connectivity index (χ1) is 7.93. The molecule has 1 aliphatic rings. The third-order valence-corrected chi connectivity index (χ3v) is 2.72. The number of rotatable bonds is 0. The molecule has 0 saturated heterocycles. The second kappa shape index (κ2) is 4.76. The minimum atomic E-state index is 0. The fraction of sp³-hybridized carbons (Fsp3) is 0. The van der Waals surface area contributed by atoms with Crippen molar-refractivity contribution in [3.63, 3.8) is 0 Å². The molecule has 0 atom stereocenters. The van der Waals surface area contributed by atoms with Gasteiger partial charge in [0.1, 0.15) is 0 Å². The minimum Gasteiger partial charge on any atom is -0.412 e. The highest BCUT2D eigenvalue weighted by Crippen LogP contribution is 1.79. The molecule has 84 valence electrons. The molecule has 0 radical (unpaired) electrons. The molecule has 0 spiro atoms. The molecule has 0 unspecified atom stereocenters. The minimum absolute atomic E-state index is 0. The molecule has 0 fully saturated rings. The Labute approximate surface area is 98.9 Å². The van der Waals surface area contributed by atoms with Crippen LogP contribution in [0.1, 0.15) is 0 Å². The Kier molecular flexibility index (Phi) is 3.17. The summed E-state index contributed by atoms with van der Waals surface area (Å²) in [6.45, 7) is 0. The Morgan fingerprint density at radius 1 is 0.647 bits per heavy atom. The molecule has 0 saturated carbocycles. The Hall–Kier alpha value is -2.19. The highest BCUT2D eigenvalue weighted by molar-refractivity contribution is 5.61. The molecule has 2 aromatic carbocycles. The van der Waals surface area contributed by atoms with E-state index in [-0.39, 0.29) is 5.48 Å². The van der Waals surface area contributed by atoms with Gasteiger partial charge in [-0.1, -0.05) is 54.6 Å². The van der Waals surface area contributed by atoms with Crippen LogP contribution in [0.25, 0.3) is 18.4 Å². The maximum Gasteiger partial charge on any atom is 0.0702 e. The van der Waals surface area contributed by atoms with E-state index in [4.69, 9.17) is 0 Å². The third kappa shape index (κ3) is 2.17. The Morgan fingerprint density at radius 2 is 1.24 bits per heavy atom. The van der Waals surface area contributed by atoms with Gasteiger partial charge in [-0.3, -0.25) is 4.99 Å². The monoisotopic (exact) mass is 223 g/mol. The van der Waals surface area contributed by atoms with Crippen LogP contribution in [0.5, 0.6) is 0 Å². The van der Waals surface area contributed by atoms with Gasteiger partial charge in [0.25, 0.3) is 0 Å². The van der Waals surface area contributed by atoms with Gasteiger partial charge in [-0.15, -0.1) is 0 Å². The highest BCUT2D eigenvalue weighted by Gasteiger charge is 1.88. The maximum atomic E-state index is 4.51. The van der Waals surface area contributed by atoms with Crippen molar-refractivity contribution in [2.45, 2.75) is 0 Å². The number of hydrogen-bond donors (Lipinski definition) is 0. The van der Waals surface area contributed by atoms with E-state index in [2.05, 4.69) is 35.3 Å². The van der Waals surface area contributed by atoms with Gasteiger partial charge in [-0.05, 0) is 16.5 Å². The van der Waals surface area contributed by atoms with Crippen molar-refractivity contribution in [3.8, 4) is 0 Å². The van der Waals surface area contributed by atoms with Gasteiger partial charge < -0.3 is 5.48 Å². The predicted octanol–water partition coefficient (Wildman–Crippen LogP) is -0.506. The van der Waals surface area contributed by atoms with Crippen LogP contribution in [0.15, 0.2) is 53.5 Å². The van der Waals surface area contributed by atoms with Gasteiger partial charge in [0, 0.05) is 11.4 Å². The van der Waals surface area contributed by atoms with Gasteiger partial charge in [0.05, 0.1) is 5.36 Å². The zero-order valence-electron chi connectivity index (χ0n) is 9.30. The maximum absolute atomic E-state index is 4.51. The van der Waals surface area contributed by atoms with Crippen LogP contribution < -0.4 is 21.0 Å². The molecule has 1 heterocycles. The highest BCUT2D eigenvalue weighted by atomic mass is 16.0. The quantitative estimate of drug-likeness (QED) is 0.578. The van der Waals surface area contributed by atoms with Crippen LogP contribution in [0.2, 0.25) is 0 Å². The van der Waals surface area contributed by atoms with Gasteiger partial charge >= 0.3 is 0 Å². The molecule has 2 aromatic rings. The number of benzene rings is 2. The van der Waals surface area contributed by atoms with Gasteiger partial charge in [0.2, 0.25) is 0 Å². The Balaban J connectivity index is 0.00000108. The number of fused-ring (bicyclic) bond motifs is 2. The van der Waals surface area contributed by atoms with Crippen molar-refractivity contribution in [2.75, 3.05) is 0 Å². The van der Waals surface area contributed by atoms with Crippen molar-refractivity contribution in [1.82, 2.24) is 0 Å². The molecule has 2 heteroatoms. The van der Waals surface area contributed by atoms with Crippen LogP contribution >= 0.6 is 0 Å². The zero-order chi connectivity index (χ0) is 10.8. The Bertz CT molecular complexity index is 626. The molecule has 3 rings (SSSR count). The second-order valence-corrected chi connectivity index (χ2v) is 3.78. The van der Waals surface area contributed by atoms with E-state index in [1.165, 1.54) is 5.22 Å². The summed E-state index contributed by atoms with van der Waals surface area (Å²) >= 11 is 0. The van der Waals surface area contributed by atoms with Gasteiger partial charge in [-0.2, -0.15) is 0 Å². The summed E-state index contributed by atoms with van der Waals surface area (Å²) in [6.07, 6.45) is 6.18. The molecular formula is C15H13NO.